The van der Waals surface area contributed by atoms with E-state index in [1.165, 1.54) is 0 Å². The number of ether oxygens (including phenoxy) is 1. The predicted molar refractivity (Wildman–Crippen MR) is 115 cm³/mol. The van der Waals surface area contributed by atoms with Crippen LogP contribution >= 0.6 is 0 Å². The number of nitrogens with zero attached hydrogens (tertiary/aromatic N) is 1. The number of rotatable bonds is 6. The number of amides is 2. The molecule has 0 aliphatic heterocycles. The summed E-state index contributed by atoms with van der Waals surface area (Å²) in [5.74, 6) is -0.791. The van der Waals surface area contributed by atoms with Gasteiger partial charge in [0.2, 0.25) is 0 Å². The van der Waals surface area contributed by atoms with Crippen molar-refractivity contribution in [1.82, 2.24) is 10.2 Å². The van der Waals surface area contributed by atoms with Crippen LogP contribution in [0.15, 0.2) is 66.7 Å². The third kappa shape index (κ3) is 4.92. The standard InChI is InChI=1S/C23H25N3O3/c1-26(2)21(20-13-6-9-16-8-4-5-12-19(16)20)15-24-22(27)23(28)25-17-10-7-11-18(14-17)29-3/h4-14,21H,15H2,1-3H3,(H,24,27)(H,25,28)/t21-/m0/s1. The third-order valence-electron chi connectivity index (χ3n) is 4.80. The Morgan fingerprint density at radius 2 is 1.69 bits per heavy atom. The molecule has 0 aliphatic rings. The highest BCUT2D eigenvalue weighted by molar-refractivity contribution is 6.39. The highest BCUT2D eigenvalue weighted by Gasteiger charge is 2.20. The quantitative estimate of drug-likeness (QED) is 0.633. The monoisotopic (exact) mass is 391 g/mol. The molecule has 2 N–H and O–H groups in total. The van der Waals surface area contributed by atoms with Crippen molar-refractivity contribution in [2.75, 3.05) is 33.1 Å². The molecule has 3 aromatic rings. The molecule has 6 heteroatoms. The summed E-state index contributed by atoms with van der Waals surface area (Å²) in [4.78, 5) is 26.6. The highest BCUT2D eigenvalue weighted by Crippen LogP contribution is 2.26. The first-order valence-electron chi connectivity index (χ1n) is 9.37. The number of methoxy groups -OCH3 is 1. The first-order valence-corrected chi connectivity index (χ1v) is 9.37. The van der Waals surface area contributed by atoms with Crippen molar-refractivity contribution >= 4 is 28.3 Å². The smallest absolute Gasteiger partial charge is 0.313 e. The van der Waals surface area contributed by atoms with Gasteiger partial charge in [-0.05, 0) is 42.6 Å². The zero-order chi connectivity index (χ0) is 20.8. The molecule has 0 spiro atoms. The van der Waals surface area contributed by atoms with Crippen LogP contribution in [0.25, 0.3) is 10.8 Å². The highest BCUT2D eigenvalue weighted by atomic mass is 16.5. The average Bonchev–Trinajstić information content (AvgIpc) is 2.73. The van der Waals surface area contributed by atoms with Gasteiger partial charge in [-0.15, -0.1) is 0 Å². The topological polar surface area (TPSA) is 70.7 Å². The van der Waals surface area contributed by atoms with Gasteiger partial charge in [0.25, 0.3) is 0 Å². The second kappa shape index (κ2) is 9.21. The summed E-state index contributed by atoms with van der Waals surface area (Å²) in [5.41, 5.74) is 1.60. The summed E-state index contributed by atoms with van der Waals surface area (Å²) < 4.78 is 5.13. The lowest BCUT2D eigenvalue weighted by Crippen LogP contribution is -2.40. The van der Waals surface area contributed by atoms with Crippen molar-refractivity contribution in [2.45, 2.75) is 6.04 Å². The Kier molecular flexibility index (Phi) is 6.46. The van der Waals surface area contributed by atoms with Crippen LogP contribution in [0, 0.1) is 0 Å². The summed E-state index contributed by atoms with van der Waals surface area (Å²) in [5, 5.41) is 7.61. The molecule has 6 nitrogen and oxygen atoms in total. The normalized spacial score (nSPS) is 11.9. The van der Waals surface area contributed by atoms with Crippen LogP contribution in [0.2, 0.25) is 0 Å². The molecule has 0 radical (unpaired) electrons. The first-order chi connectivity index (χ1) is 14.0. The Balaban J connectivity index is 1.70. The lowest BCUT2D eigenvalue weighted by molar-refractivity contribution is -0.136. The molecule has 0 unspecified atom stereocenters. The van der Waals surface area contributed by atoms with Crippen molar-refractivity contribution in [3.05, 3.63) is 72.3 Å². The van der Waals surface area contributed by atoms with Crippen molar-refractivity contribution in [3.63, 3.8) is 0 Å². The van der Waals surface area contributed by atoms with Crippen LogP contribution in [-0.4, -0.2) is 44.5 Å². The van der Waals surface area contributed by atoms with Crippen molar-refractivity contribution in [2.24, 2.45) is 0 Å². The summed E-state index contributed by atoms with van der Waals surface area (Å²) in [6.45, 7) is 0.311. The van der Waals surface area contributed by atoms with Gasteiger partial charge in [-0.2, -0.15) is 0 Å². The second-order valence-electron chi connectivity index (χ2n) is 6.94. The van der Waals surface area contributed by atoms with E-state index in [1.807, 2.05) is 37.2 Å². The molecule has 3 rings (SSSR count). The Morgan fingerprint density at radius 1 is 0.966 bits per heavy atom. The van der Waals surface area contributed by atoms with Gasteiger partial charge in [0, 0.05) is 18.3 Å². The number of hydrogen-bond donors (Lipinski definition) is 2. The maximum Gasteiger partial charge on any atom is 0.313 e. The van der Waals surface area contributed by atoms with Gasteiger partial charge in [0.1, 0.15) is 5.75 Å². The summed E-state index contributed by atoms with van der Waals surface area (Å²) in [6.07, 6.45) is 0. The molecule has 0 bridgehead atoms. The number of nitrogens with one attached hydrogen (secondary N) is 2. The van der Waals surface area contributed by atoms with Crippen LogP contribution in [0.5, 0.6) is 5.75 Å². The molecule has 3 aromatic carbocycles. The zero-order valence-corrected chi connectivity index (χ0v) is 16.8. The lowest BCUT2D eigenvalue weighted by atomic mass is 9.98. The SMILES string of the molecule is COc1cccc(NC(=O)C(=O)NC[C@@H](c2cccc3ccccc23)N(C)C)c1. The number of likely N-dealkylation sites (N-methyl/N-ethyl adjacent to an activating group) is 1. The number of anilines is 1. The van der Waals surface area contributed by atoms with Gasteiger partial charge < -0.3 is 20.3 Å². The Bertz CT molecular complexity index is 1010. The van der Waals surface area contributed by atoms with Gasteiger partial charge in [-0.1, -0.05) is 48.5 Å². The van der Waals surface area contributed by atoms with E-state index < -0.39 is 11.8 Å². The number of carbonyl (C=O) groups excluding carboxylic acids is 2. The molecule has 29 heavy (non-hydrogen) atoms. The molecule has 0 heterocycles. The van der Waals surface area contributed by atoms with E-state index in [0.717, 1.165) is 16.3 Å². The molecule has 0 aliphatic carbocycles. The van der Waals surface area contributed by atoms with Crippen LogP contribution in [0.4, 0.5) is 5.69 Å². The van der Waals surface area contributed by atoms with Crippen molar-refractivity contribution in [1.29, 1.82) is 0 Å². The van der Waals surface area contributed by atoms with Gasteiger partial charge >= 0.3 is 11.8 Å². The van der Waals surface area contributed by atoms with Crippen molar-refractivity contribution in [3.8, 4) is 5.75 Å². The van der Waals surface area contributed by atoms with Crippen LogP contribution in [0.3, 0.4) is 0 Å². The minimum atomic E-state index is -0.714. The Labute approximate surface area is 170 Å². The average molecular weight is 391 g/mol. The molecule has 0 fully saturated rings. The fraction of sp³-hybridized carbons (Fsp3) is 0.217. The molecule has 0 saturated carbocycles. The third-order valence-corrected chi connectivity index (χ3v) is 4.80. The van der Waals surface area contributed by atoms with E-state index in [0.29, 0.717) is 18.0 Å². The Hall–Kier alpha value is -3.38. The van der Waals surface area contributed by atoms with E-state index in [-0.39, 0.29) is 6.04 Å². The van der Waals surface area contributed by atoms with Gasteiger partial charge in [0.05, 0.1) is 13.2 Å². The minimum Gasteiger partial charge on any atom is -0.497 e. The van der Waals surface area contributed by atoms with Gasteiger partial charge in [0.15, 0.2) is 0 Å². The molecule has 0 saturated heterocycles. The fourth-order valence-electron chi connectivity index (χ4n) is 3.27. The van der Waals surface area contributed by atoms with Crippen molar-refractivity contribution < 1.29 is 14.3 Å². The zero-order valence-electron chi connectivity index (χ0n) is 16.8. The fourth-order valence-corrected chi connectivity index (χ4v) is 3.27. The number of fused-ring (bicyclic) bond motifs is 1. The van der Waals surface area contributed by atoms with Crippen LogP contribution in [0.1, 0.15) is 11.6 Å². The largest absolute Gasteiger partial charge is 0.497 e. The van der Waals surface area contributed by atoms with E-state index >= 15 is 0 Å². The van der Waals surface area contributed by atoms with E-state index in [9.17, 15) is 9.59 Å². The second-order valence-corrected chi connectivity index (χ2v) is 6.94. The number of carbonyl (C=O) groups is 2. The van der Waals surface area contributed by atoms with E-state index in [2.05, 4.69) is 34.9 Å². The maximum atomic E-state index is 12.4. The molecular formula is C23H25N3O3. The van der Waals surface area contributed by atoms with Gasteiger partial charge in [-0.3, -0.25) is 9.59 Å². The van der Waals surface area contributed by atoms with Gasteiger partial charge in [-0.25, -0.2) is 0 Å². The maximum absolute atomic E-state index is 12.4. The van der Waals surface area contributed by atoms with Crippen LogP contribution < -0.4 is 15.4 Å². The van der Waals surface area contributed by atoms with E-state index in [1.54, 1.807) is 31.4 Å². The minimum absolute atomic E-state index is 0.0744. The Morgan fingerprint density at radius 3 is 2.45 bits per heavy atom. The predicted octanol–water partition coefficient (Wildman–Crippen LogP) is 3.21. The summed E-state index contributed by atoms with van der Waals surface area (Å²) >= 11 is 0. The van der Waals surface area contributed by atoms with Crippen LogP contribution in [-0.2, 0) is 9.59 Å². The molecule has 0 aromatic heterocycles. The molecule has 1 atom stereocenters. The first kappa shape index (κ1) is 20.4. The number of benzene rings is 3. The molecule has 2 amide bonds. The summed E-state index contributed by atoms with van der Waals surface area (Å²) in [6, 6.07) is 21.0. The number of hydrogen-bond acceptors (Lipinski definition) is 4. The molecular weight excluding hydrogens is 366 g/mol. The lowest BCUT2D eigenvalue weighted by Gasteiger charge is -2.26. The van der Waals surface area contributed by atoms with E-state index in [4.69, 9.17) is 4.74 Å². The summed E-state index contributed by atoms with van der Waals surface area (Å²) in [7, 11) is 5.45. The molecule has 150 valence electrons.